The largest absolute Gasteiger partial charge is 0.309 e. The second-order valence-corrected chi connectivity index (χ2v) is 11.3. The Balaban J connectivity index is 1.43. The van der Waals surface area contributed by atoms with Crippen molar-refractivity contribution in [2.45, 2.75) is 0 Å². The van der Waals surface area contributed by atoms with Gasteiger partial charge < -0.3 is 9.13 Å². The Morgan fingerprint density at radius 2 is 1.00 bits per heavy atom. The molecule has 4 heterocycles. The molecule has 10 rings (SSSR count). The average Bonchev–Trinajstić information content (AvgIpc) is 3.77. The van der Waals surface area contributed by atoms with Crippen LogP contribution in [-0.4, -0.2) is 18.5 Å². The standard InChI is InChI=1S/C39H24N4/c1-3-11-25(12-4-1)42-33-18-10-8-16-29(33)37-34(42)20-19-28-31-23-30-27-15-7-9-17-32(27)43(26-13-5-2-6-14-26)36(30)24-35(31)41-22-21-40-39(41)38(28)37/h1-24H. The highest BCUT2D eigenvalue weighted by Gasteiger charge is 2.21. The molecule has 0 radical (unpaired) electrons. The van der Waals surface area contributed by atoms with Crippen LogP contribution in [0.1, 0.15) is 0 Å². The van der Waals surface area contributed by atoms with E-state index in [1.165, 1.54) is 59.8 Å². The molecule has 43 heavy (non-hydrogen) atoms. The zero-order chi connectivity index (χ0) is 28.1. The molecule has 4 aromatic heterocycles. The number of pyridine rings is 1. The van der Waals surface area contributed by atoms with Gasteiger partial charge in [0.05, 0.1) is 27.6 Å². The molecule has 0 unspecified atom stereocenters. The van der Waals surface area contributed by atoms with E-state index in [2.05, 4.69) is 153 Å². The van der Waals surface area contributed by atoms with Crippen LogP contribution in [0.2, 0.25) is 0 Å². The van der Waals surface area contributed by atoms with Crippen LogP contribution in [0.15, 0.2) is 146 Å². The summed E-state index contributed by atoms with van der Waals surface area (Å²) < 4.78 is 7.04. The smallest absolute Gasteiger partial charge is 0.145 e. The van der Waals surface area contributed by atoms with Gasteiger partial charge in [0.1, 0.15) is 5.65 Å². The molecular weight excluding hydrogens is 524 g/mol. The monoisotopic (exact) mass is 548 g/mol. The Labute approximate surface area is 246 Å². The molecule has 0 aliphatic carbocycles. The Kier molecular flexibility index (Phi) is 4.42. The summed E-state index contributed by atoms with van der Waals surface area (Å²) in [6, 6.07) is 48.1. The molecule has 200 valence electrons. The van der Waals surface area contributed by atoms with E-state index in [1.807, 2.05) is 6.20 Å². The molecule has 0 N–H and O–H groups in total. The van der Waals surface area contributed by atoms with Crippen LogP contribution < -0.4 is 0 Å². The minimum atomic E-state index is 0.978. The van der Waals surface area contributed by atoms with Gasteiger partial charge in [-0.25, -0.2) is 4.98 Å². The molecule has 10 aromatic rings. The normalized spacial score (nSPS) is 12.2. The third-order valence-corrected chi connectivity index (χ3v) is 9.07. The maximum atomic E-state index is 4.99. The average molecular weight is 549 g/mol. The molecule has 0 bridgehead atoms. The number of aromatic nitrogens is 4. The van der Waals surface area contributed by atoms with Crippen molar-refractivity contribution < 1.29 is 0 Å². The quantitative estimate of drug-likeness (QED) is 0.198. The predicted molar refractivity (Wildman–Crippen MR) is 179 cm³/mol. The number of benzene rings is 6. The maximum Gasteiger partial charge on any atom is 0.145 e. The highest BCUT2D eigenvalue weighted by molar-refractivity contribution is 6.30. The fourth-order valence-electron chi connectivity index (χ4n) is 7.33. The van der Waals surface area contributed by atoms with Crippen molar-refractivity contribution in [3.8, 4) is 11.4 Å². The molecule has 0 amide bonds. The van der Waals surface area contributed by atoms with Gasteiger partial charge in [-0.05, 0) is 60.0 Å². The lowest BCUT2D eigenvalue weighted by Gasteiger charge is -2.13. The highest BCUT2D eigenvalue weighted by atomic mass is 15.0. The third kappa shape index (κ3) is 2.97. The van der Waals surface area contributed by atoms with E-state index in [0.29, 0.717) is 0 Å². The fourth-order valence-corrected chi connectivity index (χ4v) is 7.33. The number of hydrogen-bond donors (Lipinski definition) is 0. The van der Waals surface area contributed by atoms with Crippen molar-refractivity contribution in [1.29, 1.82) is 0 Å². The van der Waals surface area contributed by atoms with Gasteiger partial charge >= 0.3 is 0 Å². The van der Waals surface area contributed by atoms with Gasteiger partial charge in [0.25, 0.3) is 0 Å². The van der Waals surface area contributed by atoms with Crippen molar-refractivity contribution in [2.75, 3.05) is 0 Å². The number of nitrogens with zero attached hydrogens (tertiary/aromatic N) is 4. The molecule has 0 saturated carbocycles. The summed E-state index contributed by atoms with van der Waals surface area (Å²) in [5.74, 6) is 0. The van der Waals surface area contributed by atoms with Crippen LogP contribution in [0.25, 0.3) is 82.3 Å². The van der Waals surface area contributed by atoms with Crippen molar-refractivity contribution in [3.05, 3.63) is 146 Å². The molecule has 0 fully saturated rings. The fraction of sp³-hybridized carbons (Fsp3) is 0. The number of fused-ring (bicyclic) bond motifs is 13. The predicted octanol–water partition coefficient (Wildman–Crippen LogP) is 9.83. The van der Waals surface area contributed by atoms with Gasteiger partial charge in [0.15, 0.2) is 0 Å². The summed E-state index contributed by atoms with van der Waals surface area (Å²) in [5, 5.41) is 8.60. The van der Waals surface area contributed by atoms with Crippen molar-refractivity contribution in [2.24, 2.45) is 0 Å². The Hall–Kier alpha value is -5.87. The minimum absolute atomic E-state index is 0.978. The minimum Gasteiger partial charge on any atom is -0.309 e. The van der Waals surface area contributed by atoms with Crippen molar-refractivity contribution in [1.82, 2.24) is 18.5 Å². The lowest BCUT2D eigenvalue weighted by atomic mass is 9.99. The van der Waals surface area contributed by atoms with E-state index < -0.39 is 0 Å². The number of rotatable bonds is 2. The Morgan fingerprint density at radius 1 is 0.395 bits per heavy atom. The van der Waals surface area contributed by atoms with Gasteiger partial charge in [-0.3, -0.25) is 4.40 Å². The maximum absolute atomic E-state index is 4.99. The number of hydrogen-bond acceptors (Lipinski definition) is 1. The van der Waals surface area contributed by atoms with E-state index in [4.69, 9.17) is 4.98 Å². The van der Waals surface area contributed by atoms with Crippen LogP contribution in [0.3, 0.4) is 0 Å². The summed E-state index contributed by atoms with van der Waals surface area (Å²) >= 11 is 0. The van der Waals surface area contributed by atoms with E-state index in [9.17, 15) is 0 Å². The lowest BCUT2D eigenvalue weighted by Crippen LogP contribution is -1.96. The third-order valence-electron chi connectivity index (χ3n) is 9.07. The Morgan fingerprint density at radius 3 is 1.74 bits per heavy atom. The first kappa shape index (κ1) is 22.8. The van der Waals surface area contributed by atoms with Gasteiger partial charge in [0.2, 0.25) is 0 Å². The van der Waals surface area contributed by atoms with Crippen molar-refractivity contribution >= 4 is 70.9 Å². The second-order valence-electron chi connectivity index (χ2n) is 11.3. The summed E-state index contributed by atoms with van der Waals surface area (Å²) in [4.78, 5) is 4.99. The van der Waals surface area contributed by atoms with Gasteiger partial charge in [-0.15, -0.1) is 0 Å². The van der Waals surface area contributed by atoms with Gasteiger partial charge in [0, 0.05) is 56.1 Å². The van der Waals surface area contributed by atoms with Crippen LogP contribution in [-0.2, 0) is 0 Å². The molecule has 0 spiro atoms. The molecular formula is C39H24N4. The van der Waals surface area contributed by atoms with Gasteiger partial charge in [-0.2, -0.15) is 0 Å². The van der Waals surface area contributed by atoms with E-state index >= 15 is 0 Å². The lowest BCUT2D eigenvalue weighted by molar-refractivity contribution is 1.18. The molecule has 0 saturated heterocycles. The first-order valence-electron chi connectivity index (χ1n) is 14.7. The zero-order valence-corrected chi connectivity index (χ0v) is 23.1. The van der Waals surface area contributed by atoms with Crippen LogP contribution in [0.5, 0.6) is 0 Å². The summed E-state index contributed by atoms with van der Waals surface area (Å²) in [7, 11) is 0. The first-order valence-corrected chi connectivity index (χ1v) is 14.7. The van der Waals surface area contributed by atoms with Gasteiger partial charge in [-0.1, -0.05) is 78.9 Å². The molecule has 0 aliphatic rings. The van der Waals surface area contributed by atoms with E-state index in [1.54, 1.807) is 0 Å². The van der Waals surface area contributed by atoms with E-state index in [0.717, 1.165) is 22.5 Å². The molecule has 0 atom stereocenters. The van der Waals surface area contributed by atoms with Crippen LogP contribution in [0.4, 0.5) is 0 Å². The summed E-state index contributed by atoms with van der Waals surface area (Å²) in [5.41, 5.74) is 9.22. The number of para-hydroxylation sites is 4. The SMILES string of the molecule is c1ccc(-n2c3ccccc3c3cc4c5ccc6c(c7ccccc7n6-c6ccccc6)c5c5nccn5c4cc32)cc1. The zero-order valence-electron chi connectivity index (χ0n) is 23.1. The second kappa shape index (κ2) is 8.34. The topological polar surface area (TPSA) is 27.2 Å². The van der Waals surface area contributed by atoms with Crippen molar-refractivity contribution in [3.63, 3.8) is 0 Å². The summed E-state index contributed by atoms with van der Waals surface area (Å²) in [6.45, 7) is 0. The molecule has 4 nitrogen and oxygen atoms in total. The molecule has 6 aromatic carbocycles. The molecule has 0 aliphatic heterocycles. The first-order chi connectivity index (χ1) is 21.4. The highest BCUT2D eigenvalue weighted by Crippen LogP contribution is 2.42. The van der Waals surface area contributed by atoms with Crippen LogP contribution >= 0.6 is 0 Å². The van der Waals surface area contributed by atoms with Crippen LogP contribution in [0, 0.1) is 0 Å². The Bertz CT molecular complexity index is 2670. The molecule has 4 heteroatoms. The summed E-state index contributed by atoms with van der Waals surface area (Å²) in [6.07, 6.45) is 4.04. The van der Waals surface area contributed by atoms with E-state index in [-0.39, 0.29) is 0 Å². The number of imidazole rings is 1.